The number of ether oxygens (including phenoxy) is 3. The number of allylic oxidation sites excluding steroid dienone is 24. The maximum atomic E-state index is 12.9. The van der Waals surface area contributed by atoms with Crippen molar-refractivity contribution in [2.24, 2.45) is 0 Å². The fourth-order valence-corrected chi connectivity index (χ4v) is 12.4. The third kappa shape index (κ3) is 80.3. The Bertz CT molecular complexity index is 2490. The molecule has 0 aliphatic rings. The molecule has 0 amide bonds. The predicted octanol–water partition coefficient (Wildman–Crippen LogP) is 24.4. The molecule has 602 valence electrons. The highest BCUT2D eigenvalue weighted by Crippen LogP contribution is 2.45. The first-order chi connectivity index (χ1) is 51.2. The summed E-state index contributed by atoms with van der Waals surface area (Å²) in [7, 11) is -9.82. The summed E-state index contributed by atoms with van der Waals surface area (Å²) < 4.78 is 61.0. The monoisotopic (exact) mass is 1510 g/mol. The number of phosphoric acid groups is 2. The molecular formula is C87H148O16P2. The summed E-state index contributed by atoms with van der Waals surface area (Å²) in [6, 6.07) is 0. The molecule has 4 N–H and O–H groups in total. The molecule has 0 rings (SSSR count). The van der Waals surface area contributed by atoms with Crippen molar-refractivity contribution in [1.29, 1.82) is 0 Å². The van der Waals surface area contributed by atoms with Crippen LogP contribution in [0.4, 0.5) is 0 Å². The number of aliphatic hydroxyl groups excluding tert-OH is 2. The van der Waals surface area contributed by atoms with Gasteiger partial charge in [0.2, 0.25) is 0 Å². The Morgan fingerprint density at radius 1 is 0.276 bits per heavy atom. The van der Waals surface area contributed by atoms with Crippen LogP contribution in [0.5, 0.6) is 0 Å². The molecule has 5 unspecified atom stereocenters. The molecule has 0 aromatic heterocycles. The van der Waals surface area contributed by atoms with Crippen molar-refractivity contribution in [2.75, 3.05) is 39.6 Å². The summed E-state index contributed by atoms with van der Waals surface area (Å²) in [6.07, 6.45) is 97.9. The number of carbonyl (C=O) groups excluding carboxylic acids is 3. The van der Waals surface area contributed by atoms with E-state index < -0.39 is 91.5 Å². The number of rotatable bonds is 77. The third-order valence-electron chi connectivity index (χ3n) is 17.0. The highest BCUT2D eigenvalue weighted by atomic mass is 31.2. The lowest BCUT2D eigenvalue weighted by molar-refractivity contribution is -0.161. The molecule has 0 aromatic carbocycles. The molecule has 18 heteroatoms. The molecule has 105 heavy (non-hydrogen) atoms. The van der Waals surface area contributed by atoms with Gasteiger partial charge in [0.05, 0.1) is 26.4 Å². The van der Waals surface area contributed by atoms with E-state index in [2.05, 4.69) is 148 Å². The first-order valence-corrected chi connectivity index (χ1v) is 44.1. The van der Waals surface area contributed by atoms with Crippen LogP contribution in [0.3, 0.4) is 0 Å². The molecule has 0 fully saturated rings. The van der Waals surface area contributed by atoms with Gasteiger partial charge in [-0.3, -0.25) is 32.5 Å². The molecule has 0 radical (unpaired) electrons. The molecule has 0 aliphatic heterocycles. The third-order valence-corrected chi connectivity index (χ3v) is 18.9. The van der Waals surface area contributed by atoms with E-state index in [1.165, 1.54) is 148 Å². The molecule has 0 saturated carbocycles. The van der Waals surface area contributed by atoms with Crippen molar-refractivity contribution in [3.05, 3.63) is 146 Å². The Balaban J connectivity index is 4.45. The first-order valence-electron chi connectivity index (χ1n) is 41.1. The highest BCUT2D eigenvalue weighted by molar-refractivity contribution is 7.47. The summed E-state index contributed by atoms with van der Waals surface area (Å²) in [5.74, 6) is -1.69. The number of esters is 3. The Labute approximate surface area is 638 Å². The van der Waals surface area contributed by atoms with Gasteiger partial charge in [0.15, 0.2) is 6.10 Å². The van der Waals surface area contributed by atoms with Gasteiger partial charge in [0, 0.05) is 19.3 Å². The maximum Gasteiger partial charge on any atom is 0.472 e. The zero-order valence-corrected chi connectivity index (χ0v) is 67.6. The van der Waals surface area contributed by atoms with E-state index >= 15 is 0 Å². The normalized spacial score (nSPS) is 14.7. The average molecular weight is 1510 g/mol. The van der Waals surface area contributed by atoms with E-state index in [9.17, 15) is 43.5 Å². The lowest BCUT2D eigenvalue weighted by atomic mass is 10.0. The van der Waals surface area contributed by atoms with Crippen molar-refractivity contribution < 1.29 is 75.8 Å². The fraction of sp³-hybridized carbons (Fsp3) is 0.690. The van der Waals surface area contributed by atoms with Crippen LogP contribution in [0.25, 0.3) is 0 Å². The maximum absolute atomic E-state index is 12.9. The van der Waals surface area contributed by atoms with Crippen molar-refractivity contribution in [3.8, 4) is 0 Å². The second kappa shape index (κ2) is 79.0. The van der Waals surface area contributed by atoms with Crippen LogP contribution in [-0.2, 0) is 55.8 Å². The molecular weight excluding hydrogens is 1360 g/mol. The van der Waals surface area contributed by atoms with Crippen molar-refractivity contribution in [3.63, 3.8) is 0 Å². The van der Waals surface area contributed by atoms with Crippen LogP contribution < -0.4 is 0 Å². The van der Waals surface area contributed by atoms with Gasteiger partial charge < -0.3 is 34.2 Å². The lowest BCUT2D eigenvalue weighted by Crippen LogP contribution is -2.30. The minimum Gasteiger partial charge on any atom is -0.463 e. The van der Waals surface area contributed by atoms with E-state index in [0.717, 1.165) is 116 Å². The molecule has 5 atom stereocenters. The predicted molar refractivity (Wildman–Crippen MR) is 436 cm³/mol. The van der Waals surface area contributed by atoms with E-state index in [1.54, 1.807) is 0 Å². The van der Waals surface area contributed by atoms with E-state index in [0.29, 0.717) is 25.7 Å². The summed E-state index contributed by atoms with van der Waals surface area (Å²) in [5.41, 5.74) is 0. The zero-order valence-electron chi connectivity index (χ0n) is 65.9. The molecule has 0 spiro atoms. The van der Waals surface area contributed by atoms with Crippen LogP contribution in [0, 0.1) is 0 Å². The molecule has 0 bridgehead atoms. The zero-order chi connectivity index (χ0) is 76.6. The lowest BCUT2D eigenvalue weighted by Gasteiger charge is -2.21. The standard InChI is InChI=1S/C87H148O16P2/c1-4-7-10-13-16-19-22-25-28-30-32-33-34-35-36-37-38-39-40-41-42-43-44-45-46-47-49-51-53-55-58-61-64-67-70-73-85(90)97-76-82(88)77-99-104(93,94)100-78-83(89)79-101-105(95,96)102-81-84(103-87(92)75-72-69-66-63-60-57-52-27-24-21-18-15-12-9-6-3)80-98-86(91)74-71-68-65-62-59-56-54-50-48-31-29-26-23-20-17-14-11-8-5-2/h8,11,16-21,25-29,32-33,35-36,48,50,52,56,59,65,68,82-84,88-89H,4-7,9-10,12-15,22-24,30-31,34,37-47,49,51,53-55,57-58,60-64,66-67,69-81H2,1-3H3,(H,93,94)(H,95,96)/b11-8-,19-16-,20-17-,21-18-,28-25-,29-26-,33-32-,36-35-,50-48-,52-27-,59-56-,68-65-. The first kappa shape index (κ1) is 100. The fourth-order valence-electron chi connectivity index (χ4n) is 10.8. The summed E-state index contributed by atoms with van der Waals surface area (Å²) in [6.45, 7) is 2.41. The quantitative estimate of drug-likeness (QED) is 0.0146. The van der Waals surface area contributed by atoms with Crippen molar-refractivity contribution in [1.82, 2.24) is 0 Å². The van der Waals surface area contributed by atoms with E-state index in [-0.39, 0.29) is 19.3 Å². The van der Waals surface area contributed by atoms with Gasteiger partial charge in [-0.25, -0.2) is 9.13 Å². The Morgan fingerprint density at radius 3 is 0.857 bits per heavy atom. The smallest absolute Gasteiger partial charge is 0.463 e. The average Bonchev–Trinajstić information content (AvgIpc) is 0.913. The summed E-state index contributed by atoms with van der Waals surface area (Å²) in [5, 5.41) is 20.6. The van der Waals surface area contributed by atoms with E-state index in [1.807, 2.05) is 18.2 Å². The largest absolute Gasteiger partial charge is 0.472 e. The number of unbranched alkanes of at least 4 members (excludes halogenated alkanes) is 30. The van der Waals surface area contributed by atoms with Gasteiger partial charge >= 0.3 is 33.6 Å². The van der Waals surface area contributed by atoms with Gasteiger partial charge in [0.25, 0.3) is 0 Å². The van der Waals surface area contributed by atoms with Crippen LogP contribution in [-0.4, -0.2) is 95.9 Å². The molecule has 16 nitrogen and oxygen atoms in total. The summed E-state index contributed by atoms with van der Waals surface area (Å²) >= 11 is 0. The van der Waals surface area contributed by atoms with Gasteiger partial charge in [-0.15, -0.1) is 0 Å². The second-order valence-corrected chi connectivity index (χ2v) is 30.1. The number of phosphoric ester groups is 2. The van der Waals surface area contributed by atoms with Gasteiger partial charge in [-0.1, -0.05) is 321 Å². The van der Waals surface area contributed by atoms with Crippen LogP contribution in [0.1, 0.15) is 329 Å². The van der Waals surface area contributed by atoms with Gasteiger partial charge in [-0.2, -0.15) is 0 Å². The SMILES string of the molecule is CC/C=C\C/C=C\C/C=C\C/C=C\C/C=C\C/C=C\CCC(=O)OCC(COP(=O)(O)OCC(O)COP(=O)(O)OCC(O)COC(=O)CCCCCCCCCCCCCCCCCCCCC/C=C\C/C=C\C/C=C\C/C=C\CCCCC)OC(=O)CCCCCCC/C=C\C/C=C\CCCCC. The van der Waals surface area contributed by atoms with Crippen LogP contribution >= 0.6 is 15.6 Å². The van der Waals surface area contributed by atoms with Crippen molar-refractivity contribution in [2.45, 2.75) is 347 Å². The summed E-state index contributed by atoms with van der Waals surface area (Å²) in [4.78, 5) is 58.6. The Kier molecular flexibility index (Phi) is 75.6. The van der Waals surface area contributed by atoms with Crippen molar-refractivity contribution >= 4 is 33.6 Å². The Hall–Kier alpha value is -4.57. The molecule has 0 aliphatic carbocycles. The molecule has 0 saturated heterocycles. The number of hydrogen-bond acceptors (Lipinski definition) is 14. The number of carbonyl (C=O) groups is 3. The minimum absolute atomic E-state index is 0.0387. The van der Waals surface area contributed by atoms with Gasteiger partial charge in [0.1, 0.15) is 25.4 Å². The highest BCUT2D eigenvalue weighted by Gasteiger charge is 2.29. The topological polar surface area (TPSA) is 231 Å². The van der Waals surface area contributed by atoms with Gasteiger partial charge in [-0.05, 0) is 135 Å². The second-order valence-electron chi connectivity index (χ2n) is 27.2. The van der Waals surface area contributed by atoms with Crippen LogP contribution in [0.2, 0.25) is 0 Å². The van der Waals surface area contributed by atoms with E-state index in [4.69, 9.17) is 32.3 Å². The molecule has 0 aromatic rings. The van der Waals surface area contributed by atoms with Crippen LogP contribution in [0.15, 0.2) is 146 Å². The number of aliphatic hydroxyl groups is 2. The minimum atomic E-state index is -4.95. The molecule has 0 heterocycles. The number of hydrogen-bond donors (Lipinski definition) is 4. The Morgan fingerprint density at radius 2 is 0.524 bits per heavy atom.